The van der Waals surface area contributed by atoms with Crippen LogP contribution in [0.4, 0.5) is 5.69 Å². The Kier molecular flexibility index (Phi) is 3.33. The molecule has 1 amide bonds. The lowest BCUT2D eigenvalue weighted by Crippen LogP contribution is -2.09. The number of rotatable bonds is 2. The van der Waals surface area contributed by atoms with E-state index in [1.165, 1.54) is 20.1 Å². The zero-order chi connectivity index (χ0) is 14.0. The first kappa shape index (κ1) is 12.8. The van der Waals surface area contributed by atoms with Gasteiger partial charge in [0.1, 0.15) is 5.58 Å². The minimum absolute atomic E-state index is 0.0981. The molecule has 0 fully saturated rings. The van der Waals surface area contributed by atoms with Crippen molar-refractivity contribution in [3.63, 3.8) is 0 Å². The molecule has 19 heavy (non-hydrogen) atoms. The van der Waals surface area contributed by atoms with Gasteiger partial charge in [-0.05, 0) is 18.2 Å². The molecule has 0 aliphatic carbocycles. The number of fused-ring (bicyclic) bond motifs is 1. The molecule has 6 nitrogen and oxygen atoms in total. The Morgan fingerprint density at radius 3 is 2.63 bits per heavy atom. The fourth-order valence-corrected chi connectivity index (χ4v) is 1.72. The van der Waals surface area contributed by atoms with Gasteiger partial charge >= 0.3 is 11.6 Å². The fraction of sp³-hybridized carbons (Fsp3) is 0.154. The minimum Gasteiger partial charge on any atom is -0.465 e. The number of ether oxygens (including phenoxy) is 1. The minimum atomic E-state index is -0.641. The molecule has 0 bridgehead atoms. The van der Waals surface area contributed by atoms with E-state index in [0.29, 0.717) is 11.1 Å². The number of benzene rings is 1. The third-order valence-electron chi connectivity index (χ3n) is 2.47. The third kappa shape index (κ3) is 2.62. The van der Waals surface area contributed by atoms with E-state index in [2.05, 4.69) is 10.1 Å². The number of nitrogens with one attached hydrogen (secondary N) is 1. The summed E-state index contributed by atoms with van der Waals surface area (Å²) >= 11 is 0. The van der Waals surface area contributed by atoms with E-state index < -0.39 is 11.6 Å². The highest BCUT2D eigenvalue weighted by atomic mass is 16.5. The maximum Gasteiger partial charge on any atom is 0.338 e. The van der Waals surface area contributed by atoms with Gasteiger partial charge in [0.05, 0.1) is 12.7 Å². The summed E-state index contributed by atoms with van der Waals surface area (Å²) in [6, 6.07) is 5.69. The van der Waals surface area contributed by atoms with Crippen LogP contribution in [0.1, 0.15) is 17.3 Å². The maximum atomic E-state index is 11.6. The van der Waals surface area contributed by atoms with E-state index in [4.69, 9.17) is 4.42 Å². The second kappa shape index (κ2) is 4.93. The molecule has 0 radical (unpaired) electrons. The average molecular weight is 261 g/mol. The molecular weight excluding hydrogens is 250 g/mol. The van der Waals surface area contributed by atoms with E-state index in [1.54, 1.807) is 12.1 Å². The normalized spacial score (nSPS) is 10.2. The van der Waals surface area contributed by atoms with Gasteiger partial charge in [-0.3, -0.25) is 4.79 Å². The number of hydrogen-bond acceptors (Lipinski definition) is 5. The van der Waals surface area contributed by atoms with Gasteiger partial charge in [-0.15, -0.1) is 0 Å². The van der Waals surface area contributed by atoms with E-state index in [9.17, 15) is 14.4 Å². The van der Waals surface area contributed by atoms with Crippen molar-refractivity contribution in [2.75, 3.05) is 12.4 Å². The molecule has 0 aliphatic rings. The van der Waals surface area contributed by atoms with Gasteiger partial charge in [0.25, 0.3) is 0 Å². The second-order valence-corrected chi connectivity index (χ2v) is 3.86. The van der Waals surface area contributed by atoms with Crippen LogP contribution in [0.5, 0.6) is 0 Å². The number of methoxy groups -OCH3 is 1. The van der Waals surface area contributed by atoms with Crippen LogP contribution in [0.2, 0.25) is 0 Å². The van der Waals surface area contributed by atoms with Crippen molar-refractivity contribution >= 4 is 28.5 Å². The fourth-order valence-electron chi connectivity index (χ4n) is 1.72. The Hall–Kier alpha value is -2.63. The lowest BCUT2D eigenvalue weighted by atomic mass is 10.1. The SMILES string of the molecule is COC(=O)c1cc(=O)oc2ccc(NC(C)=O)cc12. The Morgan fingerprint density at radius 1 is 1.26 bits per heavy atom. The summed E-state index contributed by atoms with van der Waals surface area (Å²) in [5.74, 6) is -0.880. The molecule has 1 aromatic heterocycles. The van der Waals surface area contributed by atoms with Crippen LogP contribution in [0.25, 0.3) is 11.0 Å². The lowest BCUT2D eigenvalue weighted by Gasteiger charge is -2.06. The number of carbonyl (C=O) groups is 2. The van der Waals surface area contributed by atoms with Gasteiger partial charge in [-0.1, -0.05) is 0 Å². The summed E-state index contributed by atoms with van der Waals surface area (Å²) in [5, 5.41) is 2.99. The van der Waals surface area contributed by atoms with Crippen LogP contribution in [0, 0.1) is 0 Å². The van der Waals surface area contributed by atoms with Gasteiger partial charge in [0.15, 0.2) is 0 Å². The summed E-state index contributed by atoms with van der Waals surface area (Å²) in [7, 11) is 1.22. The number of hydrogen-bond donors (Lipinski definition) is 1. The van der Waals surface area contributed by atoms with Crippen molar-refractivity contribution in [2.24, 2.45) is 0 Å². The summed E-state index contributed by atoms with van der Waals surface area (Å²) < 4.78 is 9.59. The van der Waals surface area contributed by atoms with Crippen molar-refractivity contribution in [3.05, 3.63) is 40.2 Å². The van der Waals surface area contributed by atoms with Crippen LogP contribution in [0.15, 0.2) is 33.5 Å². The van der Waals surface area contributed by atoms with Crippen LogP contribution >= 0.6 is 0 Å². The maximum absolute atomic E-state index is 11.6. The van der Waals surface area contributed by atoms with Crippen LogP contribution in [0.3, 0.4) is 0 Å². The Balaban J connectivity index is 2.68. The first-order valence-electron chi connectivity index (χ1n) is 5.45. The van der Waals surface area contributed by atoms with Crippen molar-refractivity contribution in [3.8, 4) is 0 Å². The quantitative estimate of drug-likeness (QED) is 0.654. The Labute approximate surface area is 108 Å². The molecule has 0 saturated heterocycles. The number of amides is 1. The first-order chi connectivity index (χ1) is 9.01. The van der Waals surface area contributed by atoms with Crippen molar-refractivity contribution in [1.29, 1.82) is 0 Å². The molecule has 0 saturated carbocycles. The lowest BCUT2D eigenvalue weighted by molar-refractivity contribution is -0.114. The molecule has 2 rings (SSSR count). The predicted molar refractivity (Wildman–Crippen MR) is 68.1 cm³/mol. The molecule has 1 N–H and O–H groups in total. The van der Waals surface area contributed by atoms with Crippen LogP contribution < -0.4 is 10.9 Å². The van der Waals surface area contributed by atoms with Crippen molar-refractivity contribution < 1.29 is 18.7 Å². The first-order valence-corrected chi connectivity index (χ1v) is 5.45. The summed E-state index contributed by atoms with van der Waals surface area (Å²) in [6.07, 6.45) is 0. The molecule has 2 aromatic rings. The van der Waals surface area contributed by atoms with E-state index in [0.717, 1.165) is 6.07 Å². The molecule has 0 spiro atoms. The largest absolute Gasteiger partial charge is 0.465 e. The predicted octanol–water partition coefficient (Wildman–Crippen LogP) is 1.54. The number of anilines is 1. The van der Waals surface area contributed by atoms with Crippen LogP contribution in [-0.2, 0) is 9.53 Å². The highest BCUT2D eigenvalue weighted by molar-refractivity contribution is 6.04. The molecule has 0 atom stereocenters. The van der Waals surface area contributed by atoms with Crippen molar-refractivity contribution in [1.82, 2.24) is 0 Å². The molecule has 0 aliphatic heterocycles. The van der Waals surface area contributed by atoms with Gasteiger partial charge < -0.3 is 14.5 Å². The Bertz CT molecular complexity index is 717. The van der Waals surface area contributed by atoms with Gasteiger partial charge in [-0.2, -0.15) is 0 Å². The third-order valence-corrected chi connectivity index (χ3v) is 2.47. The molecule has 0 unspecified atom stereocenters. The zero-order valence-electron chi connectivity index (χ0n) is 10.4. The molecular formula is C13H11NO5. The van der Waals surface area contributed by atoms with Crippen LogP contribution in [-0.4, -0.2) is 19.0 Å². The van der Waals surface area contributed by atoms with Gasteiger partial charge in [0.2, 0.25) is 5.91 Å². The molecule has 1 aromatic carbocycles. The second-order valence-electron chi connectivity index (χ2n) is 3.86. The topological polar surface area (TPSA) is 85.6 Å². The number of carbonyl (C=O) groups excluding carboxylic acids is 2. The van der Waals surface area contributed by atoms with E-state index in [1.807, 2.05) is 0 Å². The summed E-state index contributed by atoms with van der Waals surface area (Å²) in [5.41, 5.74) is 0.210. The molecule has 98 valence electrons. The Morgan fingerprint density at radius 2 is 2.00 bits per heavy atom. The summed E-state index contributed by atoms with van der Waals surface area (Å²) in [4.78, 5) is 34.0. The van der Waals surface area contributed by atoms with Gasteiger partial charge in [0, 0.05) is 24.1 Å². The smallest absolute Gasteiger partial charge is 0.338 e. The molecule has 6 heteroatoms. The standard InChI is InChI=1S/C13H11NO5/c1-7(15)14-8-3-4-11-9(5-8)10(13(17)18-2)6-12(16)19-11/h3-6H,1-2H3,(H,14,15). The molecule has 1 heterocycles. The average Bonchev–Trinajstić information content (AvgIpc) is 2.36. The van der Waals surface area contributed by atoms with E-state index >= 15 is 0 Å². The zero-order valence-corrected chi connectivity index (χ0v) is 10.4. The monoisotopic (exact) mass is 261 g/mol. The highest BCUT2D eigenvalue weighted by Crippen LogP contribution is 2.22. The highest BCUT2D eigenvalue weighted by Gasteiger charge is 2.14. The van der Waals surface area contributed by atoms with Gasteiger partial charge in [-0.25, -0.2) is 9.59 Å². The van der Waals surface area contributed by atoms with Crippen molar-refractivity contribution in [2.45, 2.75) is 6.92 Å². The van der Waals surface area contributed by atoms with E-state index in [-0.39, 0.29) is 17.1 Å². The summed E-state index contributed by atoms with van der Waals surface area (Å²) in [6.45, 7) is 1.37. The number of esters is 1.